The fraction of sp³-hybridized carbons (Fsp3) is 0.500. The lowest BCUT2D eigenvalue weighted by molar-refractivity contribution is -0.132. The fourth-order valence-corrected chi connectivity index (χ4v) is 3.52. The number of rotatable bonds is 2. The molecule has 0 aromatic carbocycles. The average Bonchev–Trinajstić information content (AvgIpc) is 3.09. The second-order valence-electron chi connectivity index (χ2n) is 5.10. The zero-order chi connectivity index (χ0) is 14.7. The van der Waals surface area contributed by atoms with Crippen LogP contribution in [0.1, 0.15) is 5.56 Å². The van der Waals surface area contributed by atoms with Crippen LogP contribution in [-0.2, 0) is 4.79 Å². The van der Waals surface area contributed by atoms with Crippen molar-refractivity contribution >= 4 is 23.5 Å². The maximum absolute atomic E-state index is 12.3. The number of amides is 1. The van der Waals surface area contributed by atoms with E-state index in [1.807, 2.05) is 4.90 Å². The van der Waals surface area contributed by atoms with Crippen LogP contribution < -0.4 is 10.2 Å². The van der Waals surface area contributed by atoms with Gasteiger partial charge in [0.05, 0.1) is 17.7 Å². The second kappa shape index (κ2) is 6.33. The van der Waals surface area contributed by atoms with Crippen LogP contribution in [0.15, 0.2) is 18.3 Å². The molecule has 2 aliphatic heterocycles. The quantitative estimate of drug-likeness (QED) is 0.845. The predicted molar refractivity (Wildman–Crippen MR) is 82.0 cm³/mol. The van der Waals surface area contributed by atoms with Crippen molar-refractivity contribution in [1.29, 1.82) is 5.26 Å². The van der Waals surface area contributed by atoms with Gasteiger partial charge in [0.1, 0.15) is 5.82 Å². The minimum absolute atomic E-state index is 0.0263. The molecule has 0 saturated carbocycles. The van der Waals surface area contributed by atoms with E-state index in [0.29, 0.717) is 18.7 Å². The van der Waals surface area contributed by atoms with Crippen LogP contribution in [-0.4, -0.2) is 59.6 Å². The number of anilines is 1. The van der Waals surface area contributed by atoms with E-state index in [1.165, 1.54) is 0 Å². The number of carbonyl (C=O) groups is 1. The van der Waals surface area contributed by atoms with Gasteiger partial charge in [0.2, 0.25) is 5.91 Å². The molecule has 110 valence electrons. The van der Waals surface area contributed by atoms with Crippen molar-refractivity contribution in [1.82, 2.24) is 15.2 Å². The molecule has 1 N–H and O–H groups in total. The van der Waals surface area contributed by atoms with E-state index < -0.39 is 0 Å². The molecule has 2 aliphatic rings. The lowest BCUT2D eigenvalue weighted by Crippen LogP contribution is -2.53. The third kappa shape index (κ3) is 3.12. The van der Waals surface area contributed by atoms with Crippen molar-refractivity contribution in [3.05, 3.63) is 23.9 Å². The number of thioether (sulfide) groups is 1. The number of nitrogens with zero attached hydrogens (tertiary/aromatic N) is 4. The molecule has 0 spiro atoms. The van der Waals surface area contributed by atoms with Crippen molar-refractivity contribution < 1.29 is 4.79 Å². The van der Waals surface area contributed by atoms with Gasteiger partial charge in [-0.3, -0.25) is 10.1 Å². The van der Waals surface area contributed by atoms with Crippen LogP contribution in [0.4, 0.5) is 5.82 Å². The van der Waals surface area contributed by atoms with E-state index in [9.17, 15) is 4.79 Å². The molecule has 2 saturated heterocycles. The SMILES string of the molecule is N#Cc1ccnc(N2CCN(C(=O)C3CSCN3)CC2)c1. The first-order chi connectivity index (χ1) is 10.3. The van der Waals surface area contributed by atoms with E-state index in [1.54, 1.807) is 30.1 Å². The number of nitrogens with one attached hydrogen (secondary N) is 1. The number of hydrogen-bond acceptors (Lipinski definition) is 6. The maximum Gasteiger partial charge on any atom is 0.240 e. The summed E-state index contributed by atoms with van der Waals surface area (Å²) in [4.78, 5) is 20.7. The van der Waals surface area contributed by atoms with Gasteiger partial charge in [-0.05, 0) is 12.1 Å². The molecular formula is C14H17N5OS. The molecule has 6 nitrogen and oxygen atoms in total. The van der Waals surface area contributed by atoms with Gasteiger partial charge in [-0.1, -0.05) is 0 Å². The number of piperazine rings is 1. The largest absolute Gasteiger partial charge is 0.353 e. The molecule has 0 bridgehead atoms. The van der Waals surface area contributed by atoms with Crippen LogP contribution in [0, 0.1) is 11.3 Å². The minimum atomic E-state index is -0.0263. The lowest BCUT2D eigenvalue weighted by atomic mass is 10.2. The molecule has 0 aliphatic carbocycles. The molecule has 2 fully saturated rings. The Hall–Kier alpha value is -1.78. The molecule has 21 heavy (non-hydrogen) atoms. The van der Waals surface area contributed by atoms with Crippen LogP contribution >= 0.6 is 11.8 Å². The first-order valence-electron chi connectivity index (χ1n) is 6.99. The average molecular weight is 303 g/mol. The van der Waals surface area contributed by atoms with Gasteiger partial charge >= 0.3 is 0 Å². The Morgan fingerprint density at radius 2 is 2.24 bits per heavy atom. The number of nitriles is 1. The summed E-state index contributed by atoms with van der Waals surface area (Å²) in [6.07, 6.45) is 1.66. The van der Waals surface area contributed by atoms with Gasteiger partial charge in [-0.15, -0.1) is 11.8 Å². The van der Waals surface area contributed by atoms with E-state index in [2.05, 4.69) is 21.3 Å². The van der Waals surface area contributed by atoms with E-state index in [4.69, 9.17) is 5.26 Å². The summed E-state index contributed by atoms with van der Waals surface area (Å²) in [6, 6.07) is 5.60. The van der Waals surface area contributed by atoms with E-state index in [-0.39, 0.29) is 11.9 Å². The molecule has 3 rings (SSSR count). The third-order valence-corrected chi connectivity index (χ3v) is 4.74. The van der Waals surface area contributed by atoms with Gasteiger partial charge < -0.3 is 9.80 Å². The van der Waals surface area contributed by atoms with Gasteiger partial charge in [0.25, 0.3) is 0 Å². The molecule has 1 amide bonds. The van der Waals surface area contributed by atoms with Crippen LogP contribution in [0.2, 0.25) is 0 Å². The summed E-state index contributed by atoms with van der Waals surface area (Å²) >= 11 is 1.77. The standard InChI is InChI=1S/C14H17N5OS/c15-8-11-1-2-16-13(7-11)18-3-5-19(6-4-18)14(20)12-9-21-10-17-12/h1-2,7,12,17H,3-6,9-10H2. The normalized spacial score (nSPS) is 22.1. The number of hydrogen-bond donors (Lipinski definition) is 1. The van der Waals surface area contributed by atoms with E-state index >= 15 is 0 Å². The summed E-state index contributed by atoms with van der Waals surface area (Å²) < 4.78 is 0. The predicted octanol–water partition coefficient (Wildman–Crippen LogP) is 0.264. The van der Waals surface area contributed by atoms with E-state index in [0.717, 1.165) is 30.5 Å². The van der Waals surface area contributed by atoms with Crippen molar-refractivity contribution in [2.24, 2.45) is 0 Å². The monoisotopic (exact) mass is 303 g/mol. The fourth-order valence-electron chi connectivity index (χ4n) is 2.59. The van der Waals surface area contributed by atoms with Gasteiger partial charge in [0, 0.05) is 44.0 Å². The highest BCUT2D eigenvalue weighted by Gasteiger charge is 2.29. The molecule has 1 atom stereocenters. The molecular weight excluding hydrogens is 286 g/mol. The molecule has 7 heteroatoms. The third-order valence-electron chi connectivity index (χ3n) is 3.80. The first kappa shape index (κ1) is 14.2. The Kier molecular flexibility index (Phi) is 4.27. The summed E-state index contributed by atoms with van der Waals surface area (Å²) in [5, 5.41) is 12.2. The summed E-state index contributed by atoms with van der Waals surface area (Å²) in [6.45, 7) is 2.93. The van der Waals surface area contributed by atoms with Crippen LogP contribution in [0.5, 0.6) is 0 Å². The summed E-state index contributed by atoms with van der Waals surface area (Å²) in [7, 11) is 0. The lowest BCUT2D eigenvalue weighted by Gasteiger charge is -2.36. The molecule has 0 radical (unpaired) electrons. The van der Waals surface area contributed by atoms with Crippen LogP contribution in [0.3, 0.4) is 0 Å². The number of pyridine rings is 1. The van der Waals surface area contributed by atoms with Gasteiger partial charge in [-0.25, -0.2) is 4.98 Å². The number of aromatic nitrogens is 1. The summed E-state index contributed by atoms with van der Waals surface area (Å²) in [5.74, 6) is 2.75. The van der Waals surface area contributed by atoms with Crippen LogP contribution in [0.25, 0.3) is 0 Å². The Balaban J connectivity index is 1.59. The Morgan fingerprint density at radius 3 is 2.90 bits per heavy atom. The van der Waals surface area contributed by atoms with Crippen molar-refractivity contribution in [2.45, 2.75) is 6.04 Å². The zero-order valence-corrected chi connectivity index (χ0v) is 12.5. The molecule has 3 heterocycles. The second-order valence-corrected chi connectivity index (χ2v) is 6.13. The molecule has 1 aromatic rings. The highest BCUT2D eigenvalue weighted by atomic mass is 32.2. The minimum Gasteiger partial charge on any atom is -0.353 e. The maximum atomic E-state index is 12.3. The van der Waals surface area contributed by atoms with Gasteiger partial charge in [0.15, 0.2) is 0 Å². The summed E-state index contributed by atoms with van der Waals surface area (Å²) in [5.41, 5.74) is 0.616. The van der Waals surface area contributed by atoms with Crippen molar-refractivity contribution in [3.63, 3.8) is 0 Å². The number of carbonyl (C=O) groups excluding carboxylic acids is 1. The highest BCUT2D eigenvalue weighted by molar-refractivity contribution is 7.99. The Labute approximate surface area is 128 Å². The van der Waals surface area contributed by atoms with Gasteiger partial charge in [-0.2, -0.15) is 5.26 Å². The molecule has 1 unspecified atom stereocenters. The zero-order valence-electron chi connectivity index (χ0n) is 11.7. The van der Waals surface area contributed by atoms with Crippen molar-refractivity contribution in [2.75, 3.05) is 42.7 Å². The molecule has 1 aromatic heterocycles. The van der Waals surface area contributed by atoms with Crippen molar-refractivity contribution in [3.8, 4) is 6.07 Å². The topological polar surface area (TPSA) is 72.3 Å². The highest BCUT2D eigenvalue weighted by Crippen LogP contribution is 2.17. The Morgan fingerprint density at radius 1 is 1.43 bits per heavy atom. The first-order valence-corrected chi connectivity index (χ1v) is 8.14. The smallest absolute Gasteiger partial charge is 0.240 e. The Bertz CT molecular complexity index is 559.